The number of pyridine rings is 1. The van der Waals surface area contributed by atoms with E-state index in [1.807, 2.05) is 91.8 Å². The summed E-state index contributed by atoms with van der Waals surface area (Å²) in [5.41, 5.74) is 7.67. The van der Waals surface area contributed by atoms with Crippen molar-refractivity contribution in [1.29, 1.82) is 0 Å². The number of rotatable bonds is 6. The van der Waals surface area contributed by atoms with E-state index in [0.717, 1.165) is 28.7 Å². The SMILES string of the molecule is CN(C)c1cccc(CN=C(N)Nc2cccc(Oc3ccccc3)c2)n1.I. The van der Waals surface area contributed by atoms with Gasteiger partial charge in [-0.1, -0.05) is 30.3 Å². The van der Waals surface area contributed by atoms with Crippen molar-refractivity contribution < 1.29 is 4.74 Å². The van der Waals surface area contributed by atoms with E-state index in [4.69, 9.17) is 10.5 Å². The van der Waals surface area contributed by atoms with E-state index in [1.54, 1.807) is 0 Å². The highest BCUT2D eigenvalue weighted by Crippen LogP contribution is 2.23. The topological polar surface area (TPSA) is 75.8 Å². The summed E-state index contributed by atoms with van der Waals surface area (Å²) < 4.78 is 5.83. The van der Waals surface area contributed by atoms with Crippen molar-refractivity contribution in [3.8, 4) is 11.5 Å². The monoisotopic (exact) mass is 489 g/mol. The predicted molar refractivity (Wildman–Crippen MR) is 126 cm³/mol. The number of aliphatic imine (C=N–C) groups is 1. The quantitative estimate of drug-likeness (QED) is 0.303. The van der Waals surface area contributed by atoms with E-state index in [-0.39, 0.29) is 24.0 Å². The number of nitrogens with zero attached hydrogens (tertiary/aromatic N) is 3. The highest BCUT2D eigenvalue weighted by molar-refractivity contribution is 14.0. The predicted octanol–water partition coefficient (Wildman–Crippen LogP) is 4.48. The van der Waals surface area contributed by atoms with Gasteiger partial charge in [-0.25, -0.2) is 9.98 Å². The molecule has 6 nitrogen and oxygen atoms in total. The minimum absolute atomic E-state index is 0. The van der Waals surface area contributed by atoms with Gasteiger partial charge in [0.2, 0.25) is 0 Å². The Kier molecular flexibility index (Phi) is 8.06. The van der Waals surface area contributed by atoms with Crippen LogP contribution in [-0.2, 0) is 6.54 Å². The van der Waals surface area contributed by atoms with E-state index >= 15 is 0 Å². The molecule has 28 heavy (non-hydrogen) atoms. The lowest BCUT2D eigenvalue weighted by molar-refractivity contribution is 0.483. The first-order valence-electron chi connectivity index (χ1n) is 8.63. The molecule has 0 aliphatic rings. The second-order valence-corrected chi connectivity index (χ2v) is 6.15. The molecular formula is C21H24IN5O. The summed E-state index contributed by atoms with van der Waals surface area (Å²) in [7, 11) is 3.91. The number of ether oxygens (including phenoxy) is 1. The minimum atomic E-state index is 0. The number of halogens is 1. The van der Waals surface area contributed by atoms with Crippen molar-refractivity contribution in [2.45, 2.75) is 6.54 Å². The first kappa shape index (κ1) is 21.5. The van der Waals surface area contributed by atoms with Crippen molar-refractivity contribution in [1.82, 2.24) is 4.98 Å². The van der Waals surface area contributed by atoms with Crippen molar-refractivity contribution in [3.05, 3.63) is 78.5 Å². The highest BCUT2D eigenvalue weighted by Gasteiger charge is 2.02. The summed E-state index contributed by atoms with van der Waals surface area (Å²) in [4.78, 5) is 10.8. The van der Waals surface area contributed by atoms with Crippen LogP contribution in [0.15, 0.2) is 77.8 Å². The average Bonchev–Trinajstić information content (AvgIpc) is 2.68. The van der Waals surface area contributed by atoms with Crippen LogP contribution in [-0.4, -0.2) is 25.0 Å². The molecule has 146 valence electrons. The molecule has 0 fully saturated rings. The second kappa shape index (κ2) is 10.5. The van der Waals surface area contributed by atoms with E-state index in [1.165, 1.54) is 0 Å². The molecule has 0 saturated heterocycles. The number of hydrogen-bond donors (Lipinski definition) is 2. The van der Waals surface area contributed by atoms with Gasteiger partial charge < -0.3 is 20.7 Å². The second-order valence-electron chi connectivity index (χ2n) is 6.15. The third-order valence-electron chi connectivity index (χ3n) is 3.75. The van der Waals surface area contributed by atoms with Crippen molar-refractivity contribution in [2.75, 3.05) is 24.3 Å². The minimum Gasteiger partial charge on any atom is -0.457 e. The Morgan fingerprint density at radius 3 is 2.46 bits per heavy atom. The number of aromatic nitrogens is 1. The molecule has 3 N–H and O–H groups in total. The van der Waals surface area contributed by atoms with Gasteiger partial charge in [-0.15, -0.1) is 24.0 Å². The molecule has 0 aliphatic carbocycles. The van der Waals surface area contributed by atoms with Crippen LogP contribution >= 0.6 is 24.0 Å². The molecule has 0 saturated carbocycles. The van der Waals surface area contributed by atoms with Crippen LogP contribution in [0, 0.1) is 0 Å². The van der Waals surface area contributed by atoms with Gasteiger partial charge in [0.15, 0.2) is 5.96 Å². The Bertz CT molecular complexity index is 915. The lowest BCUT2D eigenvalue weighted by Crippen LogP contribution is -2.22. The van der Waals surface area contributed by atoms with Gasteiger partial charge >= 0.3 is 0 Å². The molecular weight excluding hydrogens is 465 g/mol. The number of anilines is 2. The van der Waals surface area contributed by atoms with Crippen LogP contribution < -0.4 is 20.7 Å². The Hall–Kier alpha value is -2.81. The van der Waals surface area contributed by atoms with Crippen LogP contribution in [0.4, 0.5) is 11.5 Å². The normalized spacial score (nSPS) is 10.7. The summed E-state index contributed by atoms with van der Waals surface area (Å²) in [5, 5.41) is 3.09. The lowest BCUT2D eigenvalue weighted by atomic mass is 10.3. The van der Waals surface area contributed by atoms with Gasteiger partial charge in [-0.2, -0.15) is 0 Å². The molecule has 0 amide bonds. The van der Waals surface area contributed by atoms with E-state index in [9.17, 15) is 0 Å². The molecule has 0 bridgehead atoms. The third kappa shape index (κ3) is 6.41. The molecule has 2 aromatic carbocycles. The van der Waals surface area contributed by atoms with E-state index in [2.05, 4.69) is 15.3 Å². The van der Waals surface area contributed by atoms with Crippen LogP contribution in [0.2, 0.25) is 0 Å². The molecule has 3 rings (SSSR count). The van der Waals surface area contributed by atoms with Crippen molar-refractivity contribution in [2.24, 2.45) is 10.7 Å². The molecule has 3 aromatic rings. The number of guanidine groups is 1. The lowest BCUT2D eigenvalue weighted by Gasteiger charge is -2.12. The molecule has 0 unspecified atom stereocenters. The molecule has 0 aliphatic heterocycles. The zero-order valence-electron chi connectivity index (χ0n) is 15.9. The van der Waals surface area contributed by atoms with Gasteiger partial charge in [-0.3, -0.25) is 0 Å². The Labute approximate surface area is 182 Å². The third-order valence-corrected chi connectivity index (χ3v) is 3.75. The van der Waals surface area contributed by atoms with Crippen molar-refractivity contribution >= 4 is 41.4 Å². The summed E-state index contributed by atoms with van der Waals surface area (Å²) >= 11 is 0. The summed E-state index contributed by atoms with van der Waals surface area (Å²) in [6.45, 7) is 0.403. The number of nitrogens with two attached hydrogens (primary N) is 1. The molecule has 0 atom stereocenters. The number of hydrogen-bond acceptors (Lipinski definition) is 4. The first-order valence-corrected chi connectivity index (χ1v) is 8.63. The van der Waals surface area contributed by atoms with Crippen LogP contribution in [0.5, 0.6) is 11.5 Å². The average molecular weight is 489 g/mol. The number of benzene rings is 2. The van der Waals surface area contributed by atoms with Crippen LogP contribution in [0.1, 0.15) is 5.69 Å². The summed E-state index contributed by atoms with van der Waals surface area (Å²) in [5.74, 6) is 2.71. The van der Waals surface area contributed by atoms with Crippen LogP contribution in [0.25, 0.3) is 0 Å². The largest absolute Gasteiger partial charge is 0.457 e. The smallest absolute Gasteiger partial charge is 0.193 e. The van der Waals surface area contributed by atoms with Gasteiger partial charge in [-0.05, 0) is 36.4 Å². The number of para-hydroxylation sites is 1. The van der Waals surface area contributed by atoms with Gasteiger partial charge in [0.1, 0.15) is 17.3 Å². The molecule has 0 radical (unpaired) electrons. The maximum Gasteiger partial charge on any atom is 0.193 e. The fourth-order valence-corrected chi connectivity index (χ4v) is 2.42. The zero-order chi connectivity index (χ0) is 19.1. The fraction of sp³-hybridized carbons (Fsp3) is 0.143. The summed E-state index contributed by atoms with van der Waals surface area (Å²) in [6.07, 6.45) is 0. The number of nitrogens with one attached hydrogen (secondary N) is 1. The standard InChI is InChI=1S/C21H23N5O.HI/c1-26(2)20-13-7-9-17(24-20)15-23-21(22)25-16-8-6-12-19(14-16)27-18-10-4-3-5-11-18;/h3-14H,15H2,1-2H3,(H3,22,23,25);1H. The summed E-state index contributed by atoms with van der Waals surface area (Å²) in [6, 6.07) is 23.0. The molecule has 7 heteroatoms. The van der Waals surface area contributed by atoms with Gasteiger partial charge in [0, 0.05) is 25.8 Å². The zero-order valence-corrected chi connectivity index (χ0v) is 18.2. The Balaban J connectivity index is 0.00000280. The molecule has 1 aromatic heterocycles. The van der Waals surface area contributed by atoms with Crippen LogP contribution in [0.3, 0.4) is 0 Å². The van der Waals surface area contributed by atoms with E-state index in [0.29, 0.717) is 12.5 Å². The van der Waals surface area contributed by atoms with E-state index < -0.39 is 0 Å². The molecule has 1 heterocycles. The maximum atomic E-state index is 6.01. The molecule has 0 spiro atoms. The fourth-order valence-electron chi connectivity index (χ4n) is 2.42. The van der Waals surface area contributed by atoms with Gasteiger partial charge in [0.05, 0.1) is 12.2 Å². The Morgan fingerprint density at radius 1 is 1.00 bits per heavy atom. The first-order chi connectivity index (χ1) is 13.1. The van der Waals surface area contributed by atoms with Gasteiger partial charge in [0.25, 0.3) is 0 Å². The maximum absolute atomic E-state index is 6.01. The Morgan fingerprint density at radius 2 is 1.71 bits per heavy atom. The van der Waals surface area contributed by atoms with Crippen molar-refractivity contribution in [3.63, 3.8) is 0 Å². The highest BCUT2D eigenvalue weighted by atomic mass is 127.